The van der Waals surface area contributed by atoms with Crippen LogP contribution in [0.25, 0.3) is 0 Å². The Kier molecular flexibility index (Phi) is 3.19. The first-order chi connectivity index (χ1) is 8.35. The lowest BCUT2D eigenvalue weighted by molar-refractivity contribution is -0.115. The number of nitrogens with zero attached hydrogens (tertiary/aromatic N) is 2. The summed E-state index contributed by atoms with van der Waals surface area (Å²) in [4.78, 5) is 6.34. The van der Waals surface area contributed by atoms with Gasteiger partial charge in [0.1, 0.15) is 12.4 Å². The Morgan fingerprint density at radius 2 is 2.11 bits per heavy atom. The van der Waals surface area contributed by atoms with E-state index in [0.29, 0.717) is 5.69 Å². The minimum absolute atomic E-state index is 0.437. The summed E-state index contributed by atoms with van der Waals surface area (Å²) in [7, 11) is 1.93. The van der Waals surface area contributed by atoms with Crippen LogP contribution in [-0.2, 0) is 6.54 Å². The number of fused-ring (bicyclic) bond motifs is 1. The monoisotopic (exact) mass is 257 g/mol. The van der Waals surface area contributed by atoms with E-state index in [4.69, 9.17) is 0 Å². The normalized spacial score (nSPS) is 15.2. The summed E-state index contributed by atoms with van der Waals surface area (Å²) in [6.07, 6.45) is -4.21. The number of aliphatic imine (C=N–C) groups is 1. The van der Waals surface area contributed by atoms with Crippen LogP contribution in [0.4, 0.5) is 24.5 Å². The van der Waals surface area contributed by atoms with Crippen LogP contribution in [0.1, 0.15) is 12.5 Å². The zero-order valence-electron chi connectivity index (χ0n) is 10.2. The second-order valence-corrected chi connectivity index (χ2v) is 4.33. The Labute approximate surface area is 103 Å². The molecule has 1 heterocycles. The SMILES string of the molecule is CC1=Nc2cc(NCC(F)(F)F)ccc2CN1C. The summed E-state index contributed by atoms with van der Waals surface area (Å²) in [5, 5.41) is 2.35. The maximum absolute atomic E-state index is 12.1. The second-order valence-electron chi connectivity index (χ2n) is 4.33. The highest BCUT2D eigenvalue weighted by Gasteiger charge is 2.26. The Bertz CT molecular complexity index is 480. The van der Waals surface area contributed by atoms with Crippen molar-refractivity contribution in [2.45, 2.75) is 19.6 Å². The fraction of sp³-hybridized carbons (Fsp3) is 0.417. The van der Waals surface area contributed by atoms with E-state index in [1.165, 1.54) is 0 Å². The number of alkyl halides is 3. The smallest absolute Gasteiger partial charge is 0.376 e. The van der Waals surface area contributed by atoms with Crippen LogP contribution in [0.15, 0.2) is 23.2 Å². The highest BCUT2D eigenvalue weighted by atomic mass is 19.4. The molecule has 98 valence electrons. The van der Waals surface area contributed by atoms with Gasteiger partial charge in [0.05, 0.1) is 5.69 Å². The van der Waals surface area contributed by atoms with E-state index >= 15 is 0 Å². The third-order valence-corrected chi connectivity index (χ3v) is 2.82. The summed E-state index contributed by atoms with van der Waals surface area (Å²) in [5.74, 6) is 0.857. The second kappa shape index (κ2) is 4.51. The third-order valence-electron chi connectivity index (χ3n) is 2.82. The fourth-order valence-electron chi connectivity index (χ4n) is 1.74. The van der Waals surface area contributed by atoms with Crippen LogP contribution >= 0.6 is 0 Å². The molecule has 1 aromatic rings. The topological polar surface area (TPSA) is 27.6 Å². The molecule has 0 unspecified atom stereocenters. The van der Waals surface area contributed by atoms with Crippen molar-refractivity contribution in [3.63, 3.8) is 0 Å². The molecule has 1 aliphatic rings. The minimum atomic E-state index is -4.21. The van der Waals surface area contributed by atoms with Crippen molar-refractivity contribution < 1.29 is 13.2 Å². The quantitative estimate of drug-likeness (QED) is 0.881. The predicted molar refractivity (Wildman–Crippen MR) is 65.2 cm³/mol. The summed E-state index contributed by atoms with van der Waals surface area (Å²) in [5.41, 5.74) is 2.19. The van der Waals surface area contributed by atoms with Crippen LogP contribution < -0.4 is 5.32 Å². The van der Waals surface area contributed by atoms with E-state index < -0.39 is 12.7 Å². The van der Waals surface area contributed by atoms with Gasteiger partial charge in [-0.25, -0.2) is 4.99 Å². The highest BCUT2D eigenvalue weighted by molar-refractivity contribution is 5.85. The molecule has 0 saturated heterocycles. The molecule has 1 N–H and O–H groups in total. The number of amidine groups is 1. The molecular formula is C12H14F3N3. The lowest BCUT2D eigenvalue weighted by Gasteiger charge is -2.25. The first-order valence-electron chi connectivity index (χ1n) is 5.55. The molecule has 1 aromatic carbocycles. The molecule has 0 radical (unpaired) electrons. The number of anilines is 1. The molecule has 0 spiro atoms. The molecule has 0 aromatic heterocycles. The largest absolute Gasteiger partial charge is 0.405 e. The van der Waals surface area contributed by atoms with Crippen molar-refractivity contribution in [3.8, 4) is 0 Å². The summed E-state index contributed by atoms with van der Waals surface area (Å²) < 4.78 is 36.3. The van der Waals surface area contributed by atoms with E-state index in [9.17, 15) is 13.2 Å². The van der Waals surface area contributed by atoms with Gasteiger partial charge in [-0.15, -0.1) is 0 Å². The van der Waals surface area contributed by atoms with Gasteiger partial charge in [0.15, 0.2) is 0 Å². The molecule has 0 amide bonds. The highest BCUT2D eigenvalue weighted by Crippen LogP contribution is 2.29. The molecule has 3 nitrogen and oxygen atoms in total. The number of rotatable bonds is 2. The molecule has 0 atom stereocenters. The van der Waals surface area contributed by atoms with Gasteiger partial charge in [-0.05, 0) is 24.6 Å². The van der Waals surface area contributed by atoms with Gasteiger partial charge in [-0.3, -0.25) is 0 Å². The Morgan fingerprint density at radius 1 is 1.39 bits per heavy atom. The molecule has 18 heavy (non-hydrogen) atoms. The van der Waals surface area contributed by atoms with E-state index in [-0.39, 0.29) is 0 Å². The van der Waals surface area contributed by atoms with E-state index in [1.807, 2.05) is 18.9 Å². The van der Waals surface area contributed by atoms with Gasteiger partial charge in [0.2, 0.25) is 0 Å². The number of nitrogens with one attached hydrogen (secondary N) is 1. The number of hydrogen-bond acceptors (Lipinski definition) is 3. The number of benzene rings is 1. The molecule has 2 rings (SSSR count). The van der Waals surface area contributed by atoms with Crippen molar-refractivity contribution >= 4 is 17.2 Å². The average molecular weight is 257 g/mol. The van der Waals surface area contributed by atoms with Gasteiger partial charge in [0, 0.05) is 19.3 Å². The van der Waals surface area contributed by atoms with E-state index in [0.717, 1.165) is 23.6 Å². The third kappa shape index (κ3) is 2.94. The predicted octanol–water partition coefficient (Wildman–Crippen LogP) is 3.16. The van der Waals surface area contributed by atoms with Crippen LogP contribution in [0, 0.1) is 0 Å². The molecule has 6 heteroatoms. The molecular weight excluding hydrogens is 243 g/mol. The molecule has 0 saturated carbocycles. The van der Waals surface area contributed by atoms with Gasteiger partial charge in [-0.2, -0.15) is 13.2 Å². The lowest BCUT2D eigenvalue weighted by atomic mass is 10.1. The molecule has 1 aliphatic heterocycles. The lowest BCUT2D eigenvalue weighted by Crippen LogP contribution is -2.26. The Balaban J connectivity index is 2.17. The van der Waals surface area contributed by atoms with Gasteiger partial charge in [0.25, 0.3) is 0 Å². The van der Waals surface area contributed by atoms with Gasteiger partial charge >= 0.3 is 6.18 Å². The average Bonchev–Trinajstić information content (AvgIpc) is 2.27. The van der Waals surface area contributed by atoms with Crippen LogP contribution in [-0.4, -0.2) is 30.5 Å². The fourth-order valence-corrected chi connectivity index (χ4v) is 1.74. The summed E-state index contributed by atoms with van der Waals surface area (Å²) >= 11 is 0. The maximum Gasteiger partial charge on any atom is 0.405 e. The van der Waals surface area contributed by atoms with Crippen molar-refractivity contribution in [3.05, 3.63) is 23.8 Å². The van der Waals surface area contributed by atoms with Crippen molar-refractivity contribution in [1.82, 2.24) is 4.90 Å². The zero-order chi connectivity index (χ0) is 13.3. The van der Waals surface area contributed by atoms with Crippen molar-refractivity contribution in [2.75, 3.05) is 18.9 Å². The van der Waals surface area contributed by atoms with Crippen LogP contribution in [0.5, 0.6) is 0 Å². The first-order valence-corrected chi connectivity index (χ1v) is 5.55. The Morgan fingerprint density at radius 3 is 2.78 bits per heavy atom. The number of hydrogen-bond donors (Lipinski definition) is 1. The van der Waals surface area contributed by atoms with Crippen LogP contribution in [0.2, 0.25) is 0 Å². The van der Waals surface area contributed by atoms with E-state index in [1.54, 1.807) is 18.2 Å². The number of halogens is 3. The van der Waals surface area contributed by atoms with Crippen LogP contribution in [0.3, 0.4) is 0 Å². The van der Waals surface area contributed by atoms with Crippen molar-refractivity contribution in [1.29, 1.82) is 0 Å². The molecule has 0 aliphatic carbocycles. The summed E-state index contributed by atoms with van der Waals surface area (Å²) in [6.45, 7) is 1.57. The molecule has 0 bridgehead atoms. The minimum Gasteiger partial charge on any atom is -0.376 e. The Hall–Kier alpha value is -1.72. The molecule has 0 fully saturated rings. The van der Waals surface area contributed by atoms with Gasteiger partial charge in [-0.1, -0.05) is 6.07 Å². The maximum atomic E-state index is 12.1. The summed E-state index contributed by atoms with van der Waals surface area (Å²) in [6, 6.07) is 5.10. The zero-order valence-corrected chi connectivity index (χ0v) is 10.2. The standard InChI is InChI=1S/C12H14F3N3/c1-8-17-11-5-10(16-7-12(13,14)15)4-3-9(11)6-18(8)2/h3-5,16H,6-7H2,1-2H3. The van der Waals surface area contributed by atoms with Crippen molar-refractivity contribution in [2.24, 2.45) is 4.99 Å². The van der Waals surface area contributed by atoms with Gasteiger partial charge < -0.3 is 10.2 Å². The first kappa shape index (κ1) is 12.7. The van der Waals surface area contributed by atoms with E-state index in [2.05, 4.69) is 10.3 Å².